The molecule has 0 aromatic rings. The van der Waals surface area contributed by atoms with E-state index in [-0.39, 0.29) is 0 Å². The lowest BCUT2D eigenvalue weighted by atomic mass is 10.3. The second-order valence-electron chi connectivity index (χ2n) is 3.81. The van der Waals surface area contributed by atoms with Gasteiger partial charge in [0, 0.05) is 18.3 Å². The van der Waals surface area contributed by atoms with E-state index in [9.17, 15) is 0 Å². The molecular weight excluding hydrogens is 172 g/mol. The highest BCUT2D eigenvalue weighted by atomic mass is 15.2. The van der Waals surface area contributed by atoms with Gasteiger partial charge in [-0.2, -0.15) is 0 Å². The van der Waals surface area contributed by atoms with Crippen LogP contribution in [0.25, 0.3) is 0 Å². The van der Waals surface area contributed by atoms with E-state index >= 15 is 0 Å². The third-order valence-corrected chi connectivity index (χ3v) is 2.74. The van der Waals surface area contributed by atoms with E-state index in [1.165, 1.54) is 24.4 Å². The van der Waals surface area contributed by atoms with Gasteiger partial charge in [-0.1, -0.05) is 13.0 Å². The highest BCUT2D eigenvalue weighted by Gasteiger charge is 2.28. The smallest absolute Gasteiger partial charge is 0.101 e. The Morgan fingerprint density at radius 3 is 2.43 bits per heavy atom. The summed E-state index contributed by atoms with van der Waals surface area (Å²) < 4.78 is 0. The lowest BCUT2D eigenvalue weighted by Crippen LogP contribution is -2.30. The van der Waals surface area contributed by atoms with Gasteiger partial charge in [-0.15, -0.1) is 0 Å². The molecule has 2 heteroatoms. The van der Waals surface area contributed by atoms with Crippen molar-refractivity contribution >= 4 is 5.84 Å². The van der Waals surface area contributed by atoms with Gasteiger partial charge in [0.2, 0.25) is 0 Å². The Hall–Kier alpha value is -0.790. The molecule has 0 saturated heterocycles. The molecule has 80 valence electrons. The standard InChI is InChI=1S/C12H22N2/c1-5-11(6-2)13-10(4)14(7-3)12-8-9-12/h5,12H,6-9H2,1-4H3/b11-5-,13-10?. The normalized spacial score (nSPS) is 18.6. The Balaban J connectivity index is 2.64. The zero-order chi connectivity index (χ0) is 10.6. The maximum atomic E-state index is 4.65. The average Bonchev–Trinajstić information content (AvgIpc) is 2.99. The Morgan fingerprint density at radius 2 is 2.07 bits per heavy atom. The van der Waals surface area contributed by atoms with Crippen LogP contribution in [-0.2, 0) is 0 Å². The van der Waals surface area contributed by atoms with Crippen LogP contribution in [0.3, 0.4) is 0 Å². The second kappa shape index (κ2) is 5.18. The van der Waals surface area contributed by atoms with Gasteiger partial charge in [0.25, 0.3) is 0 Å². The van der Waals surface area contributed by atoms with Crippen LogP contribution in [0.15, 0.2) is 16.8 Å². The summed E-state index contributed by atoms with van der Waals surface area (Å²) in [6.07, 6.45) is 5.82. The van der Waals surface area contributed by atoms with Crippen LogP contribution < -0.4 is 0 Å². The first-order chi connectivity index (χ1) is 6.72. The Kier molecular flexibility index (Phi) is 4.18. The van der Waals surface area contributed by atoms with Crippen molar-refractivity contribution in [2.75, 3.05) is 6.54 Å². The molecule has 0 radical (unpaired) electrons. The summed E-state index contributed by atoms with van der Waals surface area (Å²) >= 11 is 0. The van der Waals surface area contributed by atoms with E-state index in [4.69, 9.17) is 0 Å². The molecule has 1 aliphatic rings. The molecule has 0 spiro atoms. The average molecular weight is 194 g/mol. The molecule has 1 aliphatic carbocycles. The Bertz CT molecular complexity index is 237. The fourth-order valence-electron chi connectivity index (χ4n) is 1.76. The van der Waals surface area contributed by atoms with E-state index in [0.717, 1.165) is 19.0 Å². The molecule has 1 saturated carbocycles. The molecule has 0 N–H and O–H groups in total. The molecular formula is C12H22N2. The maximum absolute atomic E-state index is 4.65. The van der Waals surface area contributed by atoms with Crippen LogP contribution in [0.5, 0.6) is 0 Å². The highest BCUT2D eigenvalue weighted by Crippen LogP contribution is 2.27. The zero-order valence-corrected chi connectivity index (χ0v) is 9.88. The third-order valence-electron chi connectivity index (χ3n) is 2.74. The first kappa shape index (κ1) is 11.3. The number of hydrogen-bond acceptors (Lipinski definition) is 1. The summed E-state index contributed by atoms with van der Waals surface area (Å²) in [7, 11) is 0. The Morgan fingerprint density at radius 1 is 1.43 bits per heavy atom. The van der Waals surface area contributed by atoms with E-state index in [0.29, 0.717) is 0 Å². The number of aliphatic imine (C=N–C) groups is 1. The minimum Gasteiger partial charge on any atom is -0.358 e. The molecule has 0 atom stereocenters. The third kappa shape index (κ3) is 2.86. The summed E-state index contributed by atoms with van der Waals surface area (Å²) in [6.45, 7) is 9.63. The number of nitrogens with zero attached hydrogens (tertiary/aromatic N) is 2. The van der Waals surface area contributed by atoms with E-state index in [1.807, 2.05) is 0 Å². The van der Waals surface area contributed by atoms with Crippen LogP contribution in [0, 0.1) is 0 Å². The molecule has 0 heterocycles. The van der Waals surface area contributed by atoms with Gasteiger partial charge in [-0.05, 0) is 40.0 Å². The van der Waals surface area contributed by atoms with Crippen molar-refractivity contribution in [3.63, 3.8) is 0 Å². The Labute approximate surface area is 87.7 Å². The minimum atomic E-state index is 0.777. The van der Waals surface area contributed by atoms with Gasteiger partial charge in [0.1, 0.15) is 5.84 Å². The highest BCUT2D eigenvalue weighted by molar-refractivity contribution is 5.81. The molecule has 0 aliphatic heterocycles. The van der Waals surface area contributed by atoms with Gasteiger partial charge in [-0.3, -0.25) is 0 Å². The quantitative estimate of drug-likeness (QED) is 0.495. The molecule has 14 heavy (non-hydrogen) atoms. The molecule has 1 fully saturated rings. The van der Waals surface area contributed by atoms with Crippen LogP contribution in [0.2, 0.25) is 0 Å². The van der Waals surface area contributed by atoms with Crippen LogP contribution in [0.1, 0.15) is 47.0 Å². The van der Waals surface area contributed by atoms with Crippen molar-refractivity contribution < 1.29 is 0 Å². The van der Waals surface area contributed by atoms with Gasteiger partial charge < -0.3 is 4.90 Å². The van der Waals surface area contributed by atoms with Crippen LogP contribution in [0.4, 0.5) is 0 Å². The van der Waals surface area contributed by atoms with Crippen molar-refractivity contribution in [2.24, 2.45) is 4.99 Å². The van der Waals surface area contributed by atoms with E-state index in [1.54, 1.807) is 0 Å². The number of amidine groups is 1. The monoisotopic (exact) mass is 194 g/mol. The van der Waals surface area contributed by atoms with Gasteiger partial charge in [0.05, 0.1) is 0 Å². The molecule has 0 aromatic heterocycles. The minimum absolute atomic E-state index is 0.777. The second-order valence-corrected chi connectivity index (χ2v) is 3.81. The van der Waals surface area contributed by atoms with Crippen LogP contribution in [-0.4, -0.2) is 23.3 Å². The SMILES string of the molecule is C/C=C(/CC)N=C(C)N(CC)C1CC1. The van der Waals surface area contributed by atoms with Gasteiger partial charge in [0.15, 0.2) is 0 Å². The van der Waals surface area contributed by atoms with E-state index < -0.39 is 0 Å². The number of hydrogen-bond donors (Lipinski definition) is 0. The zero-order valence-electron chi connectivity index (χ0n) is 9.88. The van der Waals surface area contributed by atoms with Crippen molar-refractivity contribution in [1.29, 1.82) is 0 Å². The van der Waals surface area contributed by atoms with E-state index in [2.05, 4.69) is 43.7 Å². The lowest BCUT2D eigenvalue weighted by molar-refractivity contribution is 0.428. The maximum Gasteiger partial charge on any atom is 0.101 e. The van der Waals surface area contributed by atoms with Crippen molar-refractivity contribution in [1.82, 2.24) is 4.90 Å². The summed E-state index contributed by atoms with van der Waals surface area (Å²) in [5, 5.41) is 0. The molecule has 2 nitrogen and oxygen atoms in total. The first-order valence-electron chi connectivity index (χ1n) is 5.70. The van der Waals surface area contributed by atoms with Gasteiger partial charge in [-0.25, -0.2) is 4.99 Å². The summed E-state index contributed by atoms with van der Waals surface area (Å²) in [6, 6.07) is 0.777. The molecule has 0 aromatic carbocycles. The van der Waals surface area contributed by atoms with Crippen molar-refractivity contribution in [3.8, 4) is 0 Å². The number of allylic oxidation sites excluding steroid dienone is 2. The van der Waals surface area contributed by atoms with Crippen molar-refractivity contribution in [3.05, 3.63) is 11.8 Å². The summed E-state index contributed by atoms with van der Waals surface area (Å²) in [5.41, 5.74) is 1.20. The first-order valence-corrected chi connectivity index (χ1v) is 5.70. The van der Waals surface area contributed by atoms with Crippen LogP contribution >= 0.6 is 0 Å². The fourth-order valence-corrected chi connectivity index (χ4v) is 1.76. The molecule has 0 amide bonds. The predicted octanol–water partition coefficient (Wildman–Crippen LogP) is 3.20. The summed E-state index contributed by atoms with van der Waals surface area (Å²) in [4.78, 5) is 7.07. The predicted molar refractivity (Wildman–Crippen MR) is 62.6 cm³/mol. The summed E-state index contributed by atoms with van der Waals surface area (Å²) in [5.74, 6) is 1.19. The van der Waals surface area contributed by atoms with Gasteiger partial charge >= 0.3 is 0 Å². The topological polar surface area (TPSA) is 15.6 Å². The molecule has 1 rings (SSSR count). The number of rotatable bonds is 4. The fraction of sp³-hybridized carbons (Fsp3) is 0.750. The lowest BCUT2D eigenvalue weighted by Gasteiger charge is -2.22. The molecule has 0 bridgehead atoms. The largest absolute Gasteiger partial charge is 0.358 e. The molecule has 0 unspecified atom stereocenters. The van der Waals surface area contributed by atoms with Crippen molar-refractivity contribution in [2.45, 2.75) is 53.0 Å².